The van der Waals surface area contributed by atoms with Crippen LogP contribution in [-0.2, 0) is 0 Å². The maximum Gasteiger partial charge on any atom is 0.272 e. The monoisotopic (exact) mass is 400 g/mol. The van der Waals surface area contributed by atoms with E-state index in [9.17, 15) is 9.18 Å². The number of H-pyrrole nitrogens is 2. The maximum atomic E-state index is 14.3. The number of rotatable bonds is 2. The first-order chi connectivity index (χ1) is 14.6. The standard InChI is InChI=1S/C22H17FN6O/c23-15-5-4-11(14-10-26-28-20(14)15)17-13-9-16(29-7-2-8-29)21-12(3-1-6-25-21)19(13)27-22(30)18(17)24/h1,3-6,9-10H,2,7-8,24H2,(H,26,28)(H,27,30). The predicted octanol–water partition coefficient (Wildman–Crippen LogP) is 3.55. The number of halogens is 1. The third-order valence-electron chi connectivity index (χ3n) is 5.92. The quantitative estimate of drug-likeness (QED) is 0.393. The first-order valence-electron chi connectivity index (χ1n) is 9.73. The van der Waals surface area contributed by atoms with Gasteiger partial charge in [0.05, 0.1) is 22.9 Å². The third-order valence-corrected chi connectivity index (χ3v) is 5.92. The van der Waals surface area contributed by atoms with Gasteiger partial charge in [-0.2, -0.15) is 5.10 Å². The molecule has 1 aliphatic heterocycles. The Hall–Kier alpha value is -3.94. The normalized spacial score (nSPS) is 14.0. The van der Waals surface area contributed by atoms with Crippen molar-refractivity contribution in [3.63, 3.8) is 0 Å². The van der Waals surface area contributed by atoms with E-state index in [1.54, 1.807) is 18.5 Å². The molecule has 148 valence electrons. The van der Waals surface area contributed by atoms with Crippen LogP contribution in [0.4, 0.5) is 15.8 Å². The molecule has 2 aromatic carbocycles. The Morgan fingerprint density at radius 1 is 1.10 bits per heavy atom. The summed E-state index contributed by atoms with van der Waals surface area (Å²) >= 11 is 0. The highest BCUT2D eigenvalue weighted by Crippen LogP contribution is 2.41. The number of nitrogen functional groups attached to an aromatic ring is 1. The molecule has 8 heteroatoms. The van der Waals surface area contributed by atoms with E-state index < -0.39 is 5.82 Å². The fourth-order valence-corrected chi connectivity index (χ4v) is 4.31. The highest BCUT2D eigenvalue weighted by molar-refractivity contribution is 6.17. The van der Waals surface area contributed by atoms with Crippen molar-refractivity contribution in [3.8, 4) is 11.1 Å². The second kappa shape index (κ2) is 6.03. The molecule has 1 saturated heterocycles. The number of nitrogens with one attached hydrogen (secondary N) is 2. The zero-order chi connectivity index (χ0) is 20.4. The van der Waals surface area contributed by atoms with Crippen LogP contribution in [0.5, 0.6) is 0 Å². The van der Waals surface area contributed by atoms with E-state index in [1.165, 1.54) is 6.07 Å². The molecule has 4 heterocycles. The molecular weight excluding hydrogens is 383 g/mol. The first-order valence-corrected chi connectivity index (χ1v) is 9.73. The van der Waals surface area contributed by atoms with Crippen LogP contribution in [0.25, 0.3) is 43.8 Å². The molecule has 5 aromatic rings. The molecule has 0 amide bonds. The highest BCUT2D eigenvalue weighted by Gasteiger charge is 2.23. The molecule has 0 saturated carbocycles. The summed E-state index contributed by atoms with van der Waals surface area (Å²) in [7, 11) is 0. The van der Waals surface area contributed by atoms with Gasteiger partial charge in [-0.15, -0.1) is 0 Å². The number of pyridine rings is 2. The van der Waals surface area contributed by atoms with Gasteiger partial charge in [-0.25, -0.2) is 4.39 Å². The van der Waals surface area contributed by atoms with Crippen LogP contribution in [0.3, 0.4) is 0 Å². The van der Waals surface area contributed by atoms with Crippen molar-refractivity contribution >= 4 is 44.1 Å². The molecule has 1 fully saturated rings. The number of hydrogen-bond donors (Lipinski definition) is 3. The number of aromatic amines is 2. The summed E-state index contributed by atoms with van der Waals surface area (Å²) in [5, 5.41) is 8.89. The molecule has 6 rings (SSSR count). The van der Waals surface area contributed by atoms with E-state index in [-0.39, 0.29) is 16.8 Å². The maximum absolute atomic E-state index is 14.3. The van der Waals surface area contributed by atoms with Crippen molar-refractivity contribution in [2.45, 2.75) is 6.42 Å². The van der Waals surface area contributed by atoms with Gasteiger partial charge in [-0.1, -0.05) is 6.07 Å². The number of nitrogens with two attached hydrogens (primary N) is 1. The molecule has 0 radical (unpaired) electrons. The van der Waals surface area contributed by atoms with Crippen LogP contribution in [0.1, 0.15) is 6.42 Å². The van der Waals surface area contributed by atoms with Gasteiger partial charge in [0.1, 0.15) is 17.0 Å². The van der Waals surface area contributed by atoms with Gasteiger partial charge < -0.3 is 15.6 Å². The Balaban J connectivity index is 1.81. The fourth-order valence-electron chi connectivity index (χ4n) is 4.31. The minimum atomic E-state index is -0.408. The summed E-state index contributed by atoms with van der Waals surface area (Å²) in [6, 6.07) is 8.83. The van der Waals surface area contributed by atoms with Crippen molar-refractivity contribution in [2.24, 2.45) is 0 Å². The number of benzene rings is 2. The Morgan fingerprint density at radius 2 is 1.97 bits per heavy atom. The van der Waals surface area contributed by atoms with E-state index in [4.69, 9.17) is 5.73 Å². The highest BCUT2D eigenvalue weighted by atomic mass is 19.1. The Kier molecular flexibility index (Phi) is 3.41. The molecule has 0 spiro atoms. The lowest BCUT2D eigenvalue weighted by molar-refractivity contribution is 0.619. The topological polar surface area (TPSA) is 104 Å². The van der Waals surface area contributed by atoms with Crippen LogP contribution in [0.15, 0.2) is 47.5 Å². The second-order valence-corrected chi connectivity index (χ2v) is 7.55. The molecule has 4 N–H and O–H groups in total. The lowest BCUT2D eigenvalue weighted by Crippen LogP contribution is -2.37. The number of anilines is 2. The van der Waals surface area contributed by atoms with Crippen molar-refractivity contribution in [2.75, 3.05) is 23.7 Å². The van der Waals surface area contributed by atoms with Crippen molar-refractivity contribution in [3.05, 3.63) is 58.9 Å². The molecular formula is C22H17FN6O. The summed E-state index contributed by atoms with van der Waals surface area (Å²) < 4.78 is 14.3. The zero-order valence-corrected chi connectivity index (χ0v) is 15.9. The second-order valence-electron chi connectivity index (χ2n) is 7.55. The number of fused-ring (bicyclic) bond motifs is 4. The number of aromatic nitrogens is 4. The van der Waals surface area contributed by atoms with Crippen LogP contribution >= 0.6 is 0 Å². The van der Waals surface area contributed by atoms with E-state index in [0.29, 0.717) is 22.0 Å². The average molecular weight is 400 g/mol. The van der Waals surface area contributed by atoms with Crippen LogP contribution in [0, 0.1) is 5.82 Å². The molecule has 0 aliphatic carbocycles. The molecule has 0 atom stereocenters. The summed E-state index contributed by atoms with van der Waals surface area (Å²) in [5.74, 6) is -0.408. The Labute approximate surface area is 169 Å². The molecule has 0 bridgehead atoms. The smallest absolute Gasteiger partial charge is 0.272 e. The van der Waals surface area contributed by atoms with Crippen LogP contribution in [-0.4, -0.2) is 33.3 Å². The van der Waals surface area contributed by atoms with Gasteiger partial charge in [-0.05, 0) is 36.2 Å². The predicted molar refractivity (Wildman–Crippen MR) is 116 cm³/mol. The van der Waals surface area contributed by atoms with Gasteiger partial charge in [0.15, 0.2) is 0 Å². The van der Waals surface area contributed by atoms with Crippen LogP contribution < -0.4 is 16.2 Å². The van der Waals surface area contributed by atoms with Crippen molar-refractivity contribution < 1.29 is 4.39 Å². The Bertz CT molecular complexity index is 1530. The summed E-state index contributed by atoms with van der Waals surface area (Å²) in [6.07, 6.45) is 4.43. The van der Waals surface area contributed by atoms with Gasteiger partial charge >= 0.3 is 0 Å². The summed E-state index contributed by atoms with van der Waals surface area (Å²) in [5.41, 5.74) is 10.0. The van der Waals surface area contributed by atoms with E-state index in [0.717, 1.165) is 41.5 Å². The molecule has 0 unspecified atom stereocenters. The number of nitrogens with zero attached hydrogens (tertiary/aromatic N) is 3. The molecule has 3 aromatic heterocycles. The third kappa shape index (κ3) is 2.21. The van der Waals surface area contributed by atoms with Crippen molar-refractivity contribution in [1.29, 1.82) is 0 Å². The summed E-state index contributed by atoms with van der Waals surface area (Å²) in [6.45, 7) is 1.90. The van der Waals surface area contributed by atoms with Crippen LogP contribution in [0.2, 0.25) is 0 Å². The minimum absolute atomic E-state index is 0.0920. The lowest BCUT2D eigenvalue weighted by Gasteiger charge is -2.34. The van der Waals surface area contributed by atoms with Gasteiger partial charge in [0.2, 0.25) is 0 Å². The lowest BCUT2D eigenvalue weighted by atomic mass is 9.94. The van der Waals surface area contributed by atoms with Gasteiger partial charge in [0, 0.05) is 41.0 Å². The average Bonchev–Trinajstić information content (AvgIpc) is 3.21. The molecule has 30 heavy (non-hydrogen) atoms. The fraction of sp³-hybridized carbons (Fsp3) is 0.136. The van der Waals surface area contributed by atoms with E-state index in [1.807, 2.05) is 18.2 Å². The van der Waals surface area contributed by atoms with E-state index >= 15 is 0 Å². The van der Waals surface area contributed by atoms with Crippen molar-refractivity contribution in [1.82, 2.24) is 20.2 Å². The first kappa shape index (κ1) is 17.0. The molecule has 7 nitrogen and oxygen atoms in total. The van der Waals surface area contributed by atoms with Gasteiger partial charge in [0.25, 0.3) is 5.56 Å². The van der Waals surface area contributed by atoms with E-state index in [2.05, 4.69) is 25.1 Å². The Morgan fingerprint density at radius 3 is 2.77 bits per heavy atom. The molecule has 1 aliphatic rings. The SMILES string of the molecule is Nc1c(-c2ccc(F)c3[nH]ncc23)c2cc(N3CCC3)c3ncccc3c2[nH]c1=O. The van der Waals surface area contributed by atoms with Gasteiger partial charge in [-0.3, -0.25) is 14.9 Å². The zero-order valence-electron chi connectivity index (χ0n) is 15.9. The summed E-state index contributed by atoms with van der Waals surface area (Å²) in [4.78, 5) is 22.6. The minimum Gasteiger partial charge on any atom is -0.394 e. The largest absolute Gasteiger partial charge is 0.394 e. The number of hydrogen-bond acceptors (Lipinski definition) is 5.